The Morgan fingerprint density at radius 1 is 1.00 bits per heavy atom. The first-order valence-electron chi connectivity index (χ1n) is 4.11. The molecule has 0 radical (unpaired) electrons. The van der Waals surface area contributed by atoms with Crippen LogP contribution in [0.4, 0.5) is 0 Å². The van der Waals surface area contributed by atoms with Crippen LogP contribution < -0.4 is 0 Å². The van der Waals surface area contributed by atoms with Crippen LogP contribution in [0.1, 0.15) is 0 Å². The molecule has 5 heteroatoms. The van der Waals surface area contributed by atoms with Gasteiger partial charge in [-0.25, -0.2) is 0 Å². The molecule has 0 aliphatic heterocycles. The summed E-state index contributed by atoms with van der Waals surface area (Å²) in [5, 5.41) is 8.74. The molecule has 0 atom stereocenters. The second-order valence-corrected chi connectivity index (χ2v) is 4.97. The molecule has 0 amide bonds. The lowest BCUT2D eigenvalue weighted by Crippen LogP contribution is -1.89. The Kier molecular flexibility index (Phi) is 3.38. The van der Waals surface area contributed by atoms with Gasteiger partial charge in [0.15, 0.2) is 0 Å². The van der Waals surface area contributed by atoms with Crippen molar-refractivity contribution in [3.05, 3.63) is 44.4 Å². The van der Waals surface area contributed by atoms with E-state index in [1.807, 2.05) is 30.3 Å². The largest absolute Gasteiger partial charge is 0.148 e. The van der Waals surface area contributed by atoms with Gasteiger partial charge in [-0.3, -0.25) is 0 Å². The van der Waals surface area contributed by atoms with E-state index in [0.29, 0.717) is 9.63 Å². The lowest BCUT2D eigenvalue weighted by molar-refractivity contribution is 1.00. The maximum atomic E-state index is 5.81. The Labute approximate surface area is 109 Å². The summed E-state index contributed by atoms with van der Waals surface area (Å²) >= 11 is 12.5. The number of rotatable bonds is 1. The minimum atomic E-state index is 0.701. The quantitative estimate of drug-likeness (QED) is 0.767. The van der Waals surface area contributed by atoms with Crippen LogP contribution in [-0.2, 0) is 0 Å². The molecule has 76 valence electrons. The summed E-state index contributed by atoms with van der Waals surface area (Å²) in [6, 6.07) is 9.33. The average Bonchev–Trinajstić information content (AvgIpc) is 2.20. The van der Waals surface area contributed by atoms with Crippen LogP contribution in [0.3, 0.4) is 0 Å². The highest BCUT2D eigenvalue weighted by Crippen LogP contribution is 2.27. The molecule has 0 spiro atoms. The van der Waals surface area contributed by atoms with Crippen molar-refractivity contribution in [2.24, 2.45) is 0 Å². The number of aromatic nitrogens is 2. The van der Waals surface area contributed by atoms with Crippen LogP contribution >= 0.6 is 43.5 Å². The molecule has 0 saturated heterocycles. The zero-order valence-electron chi connectivity index (χ0n) is 7.42. The summed E-state index contributed by atoms with van der Waals surface area (Å²) in [6.45, 7) is 0. The van der Waals surface area contributed by atoms with Gasteiger partial charge in [-0.2, -0.15) is 0 Å². The topological polar surface area (TPSA) is 25.8 Å². The third kappa shape index (κ3) is 2.56. The molecule has 1 heterocycles. The normalized spacial score (nSPS) is 10.3. The smallest absolute Gasteiger partial charge is 0.129 e. The van der Waals surface area contributed by atoms with Crippen LogP contribution in [0.15, 0.2) is 39.4 Å². The second-order valence-electron chi connectivity index (χ2n) is 2.87. The van der Waals surface area contributed by atoms with Crippen LogP contribution in [0.2, 0.25) is 5.02 Å². The molecule has 0 fully saturated rings. The number of hydrogen-bond donors (Lipinski definition) is 0. The molecule has 1 aromatic heterocycles. The molecule has 2 aromatic rings. The second kappa shape index (κ2) is 4.60. The van der Waals surface area contributed by atoms with E-state index in [9.17, 15) is 0 Å². The predicted molar refractivity (Wildman–Crippen MR) is 67.9 cm³/mol. The van der Waals surface area contributed by atoms with Crippen molar-refractivity contribution in [1.29, 1.82) is 0 Å². The zero-order valence-corrected chi connectivity index (χ0v) is 11.3. The van der Waals surface area contributed by atoms with Gasteiger partial charge in [0.1, 0.15) is 10.3 Å². The molecule has 0 aliphatic carbocycles. The first-order chi connectivity index (χ1) is 7.16. The fourth-order valence-corrected chi connectivity index (χ4v) is 2.42. The molecule has 0 saturated carbocycles. The molecule has 15 heavy (non-hydrogen) atoms. The van der Waals surface area contributed by atoms with E-state index in [2.05, 4.69) is 42.1 Å². The van der Waals surface area contributed by atoms with Crippen molar-refractivity contribution < 1.29 is 0 Å². The SMILES string of the molecule is Clc1ccc(-c2nnc(Br)cc2Br)cc1. The van der Waals surface area contributed by atoms with E-state index < -0.39 is 0 Å². The molecule has 0 unspecified atom stereocenters. The third-order valence-electron chi connectivity index (χ3n) is 1.84. The summed E-state index contributed by atoms with van der Waals surface area (Å²) in [6.07, 6.45) is 0. The van der Waals surface area contributed by atoms with Crippen LogP contribution in [-0.4, -0.2) is 10.2 Å². The average molecular weight is 348 g/mol. The van der Waals surface area contributed by atoms with Crippen LogP contribution in [0.25, 0.3) is 11.3 Å². The molecule has 0 bridgehead atoms. The Bertz CT molecular complexity index is 485. The molecule has 2 rings (SSSR count). The maximum absolute atomic E-state index is 5.81. The lowest BCUT2D eigenvalue weighted by Gasteiger charge is -2.02. The summed E-state index contributed by atoms with van der Waals surface area (Å²) in [7, 11) is 0. The lowest BCUT2D eigenvalue weighted by atomic mass is 10.1. The molecule has 0 N–H and O–H groups in total. The highest BCUT2D eigenvalue weighted by Gasteiger charge is 2.06. The van der Waals surface area contributed by atoms with Crippen molar-refractivity contribution in [3.63, 3.8) is 0 Å². The van der Waals surface area contributed by atoms with E-state index in [-0.39, 0.29) is 0 Å². The molecular formula is C10H5Br2ClN2. The predicted octanol–water partition coefficient (Wildman–Crippen LogP) is 4.32. The molecule has 0 aliphatic rings. The zero-order chi connectivity index (χ0) is 10.8. The Hall–Kier alpha value is -0.450. The van der Waals surface area contributed by atoms with Crippen LogP contribution in [0, 0.1) is 0 Å². The summed E-state index contributed by atoms with van der Waals surface area (Å²) in [5.41, 5.74) is 1.78. The monoisotopic (exact) mass is 346 g/mol. The van der Waals surface area contributed by atoms with Crippen molar-refractivity contribution in [3.8, 4) is 11.3 Å². The summed E-state index contributed by atoms with van der Waals surface area (Å²) in [5.74, 6) is 0. The third-order valence-corrected chi connectivity index (χ3v) is 3.08. The van der Waals surface area contributed by atoms with Gasteiger partial charge >= 0.3 is 0 Å². The number of benzene rings is 1. The van der Waals surface area contributed by atoms with Crippen molar-refractivity contribution in [2.45, 2.75) is 0 Å². The van der Waals surface area contributed by atoms with E-state index in [4.69, 9.17) is 11.6 Å². The first kappa shape index (κ1) is 11.0. The Morgan fingerprint density at radius 2 is 1.67 bits per heavy atom. The van der Waals surface area contributed by atoms with Gasteiger partial charge in [0.2, 0.25) is 0 Å². The highest BCUT2D eigenvalue weighted by molar-refractivity contribution is 9.11. The van der Waals surface area contributed by atoms with Crippen molar-refractivity contribution >= 4 is 43.5 Å². The minimum Gasteiger partial charge on any atom is -0.148 e. The van der Waals surface area contributed by atoms with Gasteiger partial charge in [0, 0.05) is 15.1 Å². The first-order valence-corrected chi connectivity index (χ1v) is 6.08. The minimum absolute atomic E-state index is 0.701. The fraction of sp³-hybridized carbons (Fsp3) is 0. The highest BCUT2D eigenvalue weighted by atomic mass is 79.9. The maximum Gasteiger partial charge on any atom is 0.129 e. The Morgan fingerprint density at radius 3 is 2.27 bits per heavy atom. The van der Waals surface area contributed by atoms with E-state index in [1.54, 1.807) is 0 Å². The molecular weight excluding hydrogens is 343 g/mol. The fourth-order valence-electron chi connectivity index (χ4n) is 1.15. The summed E-state index contributed by atoms with van der Waals surface area (Å²) < 4.78 is 1.60. The van der Waals surface area contributed by atoms with Gasteiger partial charge in [-0.1, -0.05) is 23.7 Å². The van der Waals surface area contributed by atoms with Gasteiger partial charge < -0.3 is 0 Å². The van der Waals surface area contributed by atoms with E-state index in [0.717, 1.165) is 15.7 Å². The van der Waals surface area contributed by atoms with Crippen LogP contribution in [0.5, 0.6) is 0 Å². The van der Waals surface area contributed by atoms with Gasteiger partial charge in [0.05, 0.1) is 0 Å². The van der Waals surface area contributed by atoms with Crippen molar-refractivity contribution in [1.82, 2.24) is 10.2 Å². The van der Waals surface area contributed by atoms with Crippen molar-refractivity contribution in [2.75, 3.05) is 0 Å². The molecule has 2 nitrogen and oxygen atoms in total. The van der Waals surface area contributed by atoms with Gasteiger partial charge in [0.25, 0.3) is 0 Å². The summed E-state index contributed by atoms with van der Waals surface area (Å²) in [4.78, 5) is 0. The Balaban J connectivity index is 2.49. The number of halogens is 3. The van der Waals surface area contributed by atoms with E-state index in [1.165, 1.54) is 0 Å². The van der Waals surface area contributed by atoms with Gasteiger partial charge in [-0.15, -0.1) is 10.2 Å². The standard InChI is InChI=1S/C10H5Br2ClN2/c11-8-5-9(12)14-15-10(8)6-1-3-7(13)4-2-6/h1-5H. The number of hydrogen-bond acceptors (Lipinski definition) is 2. The van der Waals surface area contributed by atoms with E-state index >= 15 is 0 Å². The molecule has 1 aromatic carbocycles. The number of nitrogens with zero attached hydrogens (tertiary/aromatic N) is 2. The van der Waals surface area contributed by atoms with Gasteiger partial charge in [-0.05, 0) is 50.1 Å².